The molecule has 0 spiro atoms. The highest BCUT2D eigenvalue weighted by atomic mass is 16.2. The van der Waals surface area contributed by atoms with Gasteiger partial charge in [0, 0.05) is 25.5 Å². The summed E-state index contributed by atoms with van der Waals surface area (Å²) in [4.78, 5) is 19.0. The normalized spacial score (nSPS) is 35.1. The number of pyridine rings is 1. The van der Waals surface area contributed by atoms with Crippen molar-refractivity contribution < 1.29 is 4.79 Å². The third-order valence-corrected chi connectivity index (χ3v) is 7.00. The highest BCUT2D eigenvalue weighted by Crippen LogP contribution is 2.59. The van der Waals surface area contributed by atoms with Crippen molar-refractivity contribution in [3.63, 3.8) is 0 Å². The zero-order valence-electron chi connectivity index (χ0n) is 15.9. The molecule has 4 unspecified atom stereocenters. The van der Waals surface area contributed by atoms with Gasteiger partial charge in [0.15, 0.2) is 0 Å². The molecule has 2 aliphatic rings. The van der Waals surface area contributed by atoms with Gasteiger partial charge >= 0.3 is 0 Å². The summed E-state index contributed by atoms with van der Waals surface area (Å²) < 4.78 is 0. The van der Waals surface area contributed by atoms with E-state index in [0.29, 0.717) is 34.3 Å². The van der Waals surface area contributed by atoms with Crippen LogP contribution >= 0.6 is 0 Å². The molecule has 0 bridgehead atoms. The Balaban J connectivity index is 1.82. The maximum atomic E-state index is 12.9. The second kappa shape index (κ2) is 6.16. The fourth-order valence-electron chi connectivity index (χ4n) is 5.82. The van der Waals surface area contributed by atoms with Crippen molar-refractivity contribution >= 4 is 5.91 Å². The predicted molar refractivity (Wildman–Crippen MR) is 97.7 cm³/mol. The van der Waals surface area contributed by atoms with Crippen molar-refractivity contribution in [2.75, 3.05) is 7.05 Å². The number of rotatable bonds is 2. The van der Waals surface area contributed by atoms with Crippen LogP contribution in [-0.4, -0.2) is 28.9 Å². The van der Waals surface area contributed by atoms with Gasteiger partial charge in [-0.25, -0.2) is 0 Å². The van der Waals surface area contributed by atoms with Crippen molar-refractivity contribution in [3.8, 4) is 0 Å². The molecule has 3 heteroatoms. The van der Waals surface area contributed by atoms with Crippen LogP contribution in [0.3, 0.4) is 0 Å². The van der Waals surface area contributed by atoms with Crippen molar-refractivity contribution in [1.82, 2.24) is 9.88 Å². The Labute approximate surface area is 146 Å². The minimum absolute atomic E-state index is 0.108. The first kappa shape index (κ1) is 17.4. The highest BCUT2D eigenvalue weighted by molar-refractivity contribution is 5.93. The van der Waals surface area contributed by atoms with E-state index in [0.717, 1.165) is 6.42 Å². The fraction of sp³-hybridized carbons (Fsp3) is 0.714. The van der Waals surface area contributed by atoms with E-state index in [1.54, 1.807) is 12.4 Å². The van der Waals surface area contributed by atoms with E-state index < -0.39 is 0 Å². The summed E-state index contributed by atoms with van der Waals surface area (Å²) in [5, 5.41) is 0. The van der Waals surface area contributed by atoms with Gasteiger partial charge in [0.2, 0.25) is 0 Å². The SMILES string of the molecule is CC1CC2(C)CCCC(C)(C)C2CC1N(C)C(=O)c1cccnc1. The summed E-state index contributed by atoms with van der Waals surface area (Å²) in [5.74, 6) is 1.35. The number of nitrogens with zero attached hydrogens (tertiary/aromatic N) is 2. The number of amides is 1. The molecule has 24 heavy (non-hydrogen) atoms. The molecule has 1 aromatic heterocycles. The Morgan fingerprint density at radius 3 is 2.71 bits per heavy atom. The molecule has 0 aromatic carbocycles. The van der Waals surface area contributed by atoms with E-state index in [2.05, 4.69) is 32.7 Å². The number of hydrogen-bond acceptors (Lipinski definition) is 2. The van der Waals surface area contributed by atoms with Crippen LogP contribution in [0.1, 0.15) is 70.2 Å². The van der Waals surface area contributed by atoms with Gasteiger partial charge in [0.05, 0.1) is 5.56 Å². The summed E-state index contributed by atoms with van der Waals surface area (Å²) in [5.41, 5.74) is 1.52. The van der Waals surface area contributed by atoms with Gasteiger partial charge in [-0.05, 0) is 60.5 Å². The monoisotopic (exact) mass is 328 g/mol. The van der Waals surface area contributed by atoms with Crippen LogP contribution in [0.5, 0.6) is 0 Å². The van der Waals surface area contributed by atoms with E-state index >= 15 is 0 Å². The molecule has 3 rings (SSSR count). The van der Waals surface area contributed by atoms with E-state index in [9.17, 15) is 4.79 Å². The van der Waals surface area contributed by atoms with Crippen molar-refractivity contribution in [2.24, 2.45) is 22.7 Å². The van der Waals surface area contributed by atoms with E-state index in [4.69, 9.17) is 0 Å². The lowest BCUT2D eigenvalue weighted by atomic mass is 9.49. The molecule has 1 aromatic rings. The largest absolute Gasteiger partial charge is 0.338 e. The standard InChI is InChI=1S/C21H32N2O/c1-15-13-21(4)10-7-9-20(2,3)18(21)12-17(15)23(5)19(24)16-8-6-11-22-14-16/h6,8,11,14-15,17-18H,7,9-10,12-13H2,1-5H3. The van der Waals surface area contributed by atoms with E-state index in [1.165, 1.54) is 25.7 Å². The van der Waals surface area contributed by atoms with Crippen molar-refractivity contribution in [2.45, 2.75) is 65.8 Å². The lowest BCUT2D eigenvalue weighted by Gasteiger charge is -2.58. The van der Waals surface area contributed by atoms with Gasteiger partial charge in [-0.15, -0.1) is 0 Å². The highest BCUT2D eigenvalue weighted by Gasteiger charge is 2.52. The summed E-state index contributed by atoms with van der Waals surface area (Å²) in [6.45, 7) is 9.70. The molecule has 0 aliphatic heterocycles. The van der Waals surface area contributed by atoms with Crippen LogP contribution in [0.2, 0.25) is 0 Å². The van der Waals surface area contributed by atoms with Gasteiger partial charge in [0.25, 0.3) is 5.91 Å². The molecule has 1 amide bonds. The molecule has 2 aliphatic carbocycles. The lowest BCUT2D eigenvalue weighted by molar-refractivity contribution is -0.0736. The summed E-state index contributed by atoms with van der Waals surface area (Å²) in [7, 11) is 1.98. The van der Waals surface area contributed by atoms with Crippen LogP contribution in [-0.2, 0) is 0 Å². The van der Waals surface area contributed by atoms with Gasteiger partial charge in [-0.2, -0.15) is 0 Å². The maximum absolute atomic E-state index is 12.9. The molecule has 2 fully saturated rings. The minimum atomic E-state index is 0.108. The van der Waals surface area contributed by atoms with Crippen LogP contribution in [0.25, 0.3) is 0 Å². The molecule has 132 valence electrons. The Morgan fingerprint density at radius 2 is 2.04 bits per heavy atom. The first-order chi connectivity index (χ1) is 11.2. The molecule has 2 saturated carbocycles. The molecular formula is C21H32N2O. The Kier molecular flexibility index (Phi) is 4.48. The minimum Gasteiger partial charge on any atom is -0.338 e. The number of aromatic nitrogens is 1. The molecule has 3 nitrogen and oxygen atoms in total. The van der Waals surface area contributed by atoms with Crippen LogP contribution in [0, 0.1) is 22.7 Å². The van der Waals surface area contributed by atoms with Gasteiger partial charge in [0.1, 0.15) is 0 Å². The molecule has 0 N–H and O–H groups in total. The maximum Gasteiger partial charge on any atom is 0.255 e. The van der Waals surface area contributed by atoms with Crippen molar-refractivity contribution in [3.05, 3.63) is 30.1 Å². The average Bonchev–Trinajstić information content (AvgIpc) is 2.53. The van der Waals surface area contributed by atoms with Gasteiger partial charge < -0.3 is 4.90 Å². The Bertz CT molecular complexity index is 597. The smallest absolute Gasteiger partial charge is 0.255 e. The summed E-state index contributed by atoms with van der Waals surface area (Å²) >= 11 is 0. The number of hydrogen-bond donors (Lipinski definition) is 0. The second-order valence-corrected chi connectivity index (χ2v) is 9.19. The van der Waals surface area contributed by atoms with E-state index in [-0.39, 0.29) is 5.91 Å². The van der Waals surface area contributed by atoms with Gasteiger partial charge in [-0.3, -0.25) is 9.78 Å². The average molecular weight is 328 g/mol. The van der Waals surface area contributed by atoms with Gasteiger partial charge in [-0.1, -0.05) is 34.1 Å². The summed E-state index contributed by atoms with van der Waals surface area (Å²) in [6.07, 6.45) is 9.77. The Hall–Kier alpha value is -1.38. The van der Waals surface area contributed by atoms with Crippen LogP contribution in [0.15, 0.2) is 24.5 Å². The second-order valence-electron chi connectivity index (χ2n) is 9.19. The number of carbonyl (C=O) groups is 1. The third-order valence-electron chi connectivity index (χ3n) is 7.00. The predicted octanol–water partition coefficient (Wildman–Crippen LogP) is 4.78. The first-order valence-electron chi connectivity index (χ1n) is 9.42. The first-order valence-corrected chi connectivity index (χ1v) is 9.42. The molecule has 0 saturated heterocycles. The molecular weight excluding hydrogens is 296 g/mol. The number of fused-ring (bicyclic) bond motifs is 1. The van der Waals surface area contributed by atoms with Crippen LogP contribution in [0.4, 0.5) is 0 Å². The van der Waals surface area contributed by atoms with Crippen molar-refractivity contribution in [1.29, 1.82) is 0 Å². The molecule has 4 atom stereocenters. The number of carbonyl (C=O) groups excluding carboxylic acids is 1. The Morgan fingerprint density at radius 1 is 1.29 bits per heavy atom. The van der Waals surface area contributed by atoms with Crippen LogP contribution < -0.4 is 0 Å². The van der Waals surface area contributed by atoms with E-state index in [1.807, 2.05) is 24.1 Å². The lowest BCUT2D eigenvalue weighted by Crippen LogP contribution is -2.54. The zero-order chi connectivity index (χ0) is 17.5. The topological polar surface area (TPSA) is 33.2 Å². The quantitative estimate of drug-likeness (QED) is 0.782. The molecule has 0 radical (unpaired) electrons. The molecule has 1 heterocycles. The summed E-state index contributed by atoms with van der Waals surface area (Å²) in [6, 6.07) is 4.04. The zero-order valence-corrected chi connectivity index (χ0v) is 15.9. The fourth-order valence-corrected chi connectivity index (χ4v) is 5.82. The third kappa shape index (κ3) is 2.98.